The summed E-state index contributed by atoms with van der Waals surface area (Å²) in [7, 11) is 0. The first kappa shape index (κ1) is 11.1. The molecule has 4 nitrogen and oxygen atoms in total. The fourth-order valence-electron chi connectivity index (χ4n) is 2.51. The van der Waals surface area contributed by atoms with E-state index >= 15 is 0 Å². The normalized spacial score (nSPS) is 15.9. The van der Waals surface area contributed by atoms with E-state index in [-0.39, 0.29) is 0 Å². The third-order valence-electron chi connectivity index (χ3n) is 3.52. The molecular weight excluding hydrogens is 224 g/mol. The quantitative estimate of drug-likeness (QED) is 0.880. The number of hydrogen-bond acceptors (Lipinski definition) is 3. The van der Waals surface area contributed by atoms with Gasteiger partial charge in [-0.05, 0) is 43.5 Å². The van der Waals surface area contributed by atoms with Gasteiger partial charge in [0.2, 0.25) is 5.95 Å². The van der Waals surface area contributed by atoms with Crippen molar-refractivity contribution in [2.75, 3.05) is 23.7 Å². The van der Waals surface area contributed by atoms with Gasteiger partial charge in [0.15, 0.2) is 0 Å². The van der Waals surface area contributed by atoms with Gasteiger partial charge < -0.3 is 10.6 Å². The van der Waals surface area contributed by atoms with E-state index in [1.165, 1.54) is 38.0 Å². The van der Waals surface area contributed by atoms with Crippen LogP contribution in [0.1, 0.15) is 19.3 Å². The van der Waals surface area contributed by atoms with Crippen molar-refractivity contribution < 1.29 is 0 Å². The number of aromatic nitrogens is 2. The monoisotopic (exact) mass is 242 g/mol. The smallest absolute Gasteiger partial charge is 0.204 e. The molecule has 0 atom stereocenters. The SMILES string of the molecule is Nc1nccn1-c1ccc(N2CCCCC2)cc1. The topological polar surface area (TPSA) is 47.1 Å². The van der Waals surface area contributed by atoms with E-state index in [4.69, 9.17) is 5.73 Å². The highest BCUT2D eigenvalue weighted by Gasteiger charge is 2.10. The minimum atomic E-state index is 0.528. The first-order valence-electron chi connectivity index (χ1n) is 6.49. The molecule has 0 saturated carbocycles. The zero-order valence-corrected chi connectivity index (χ0v) is 10.4. The van der Waals surface area contributed by atoms with Crippen molar-refractivity contribution in [1.29, 1.82) is 0 Å². The summed E-state index contributed by atoms with van der Waals surface area (Å²) < 4.78 is 1.89. The molecule has 1 aliphatic rings. The molecule has 0 spiro atoms. The van der Waals surface area contributed by atoms with Crippen LogP contribution in [0.4, 0.5) is 11.6 Å². The van der Waals surface area contributed by atoms with Crippen LogP contribution in [0.15, 0.2) is 36.7 Å². The Labute approximate surface area is 107 Å². The molecule has 0 bridgehead atoms. The van der Waals surface area contributed by atoms with Crippen molar-refractivity contribution in [2.24, 2.45) is 0 Å². The Morgan fingerprint density at radius 2 is 1.61 bits per heavy atom. The average molecular weight is 242 g/mol. The highest BCUT2D eigenvalue weighted by atomic mass is 15.1. The second kappa shape index (κ2) is 4.72. The predicted molar refractivity (Wildman–Crippen MR) is 74.0 cm³/mol. The highest BCUT2D eigenvalue weighted by Crippen LogP contribution is 2.22. The third-order valence-corrected chi connectivity index (χ3v) is 3.52. The Bertz CT molecular complexity index is 509. The first-order valence-corrected chi connectivity index (χ1v) is 6.49. The van der Waals surface area contributed by atoms with Crippen LogP contribution in [0, 0.1) is 0 Å². The van der Waals surface area contributed by atoms with Crippen LogP contribution < -0.4 is 10.6 Å². The van der Waals surface area contributed by atoms with E-state index in [2.05, 4.69) is 34.1 Å². The predicted octanol–water partition coefficient (Wildman–Crippen LogP) is 2.44. The highest BCUT2D eigenvalue weighted by molar-refractivity contribution is 5.52. The molecule has 1 aromatic heterocycles. The summed E-state index contributed by atoms with van der Waals surface area (Å²) in [5, 5.41) is 0. The molecule has 4 heteroatoms. The first-order chi connectivity index (χ1) is 8.84. The van der Waals surface area contributed by atoms with Gasteiger partial charge in [0.05, 0.1) is 0 Å². The number of piperidine rings is 1. The molecule has 2 aromatic rings. The number of anilines is 2. The summed E-state index contributed by atoms with van der Waals surface area (Å²) in [5.41, 5.74) is 8.16. The fraction of sp³-hybridized carbons (Fsp3) is 0.357. The molecule has 1 aliphatic heterocycles. The zero-order valence-electron chi connectivity index (χ0n) is 10.4. The van der Waals surface area contributed by atoms with Gasteiger partial charge in [0.25, 0.3) is 0 Å². The van der Waals surface area contributed by atoms with Gasteiger partial charge in [0.1, 0.15) is 0 Å². The van der Waals surface area contributed by atoms with Crippen molar-refractivity contribution in [3.63, 3.8) is 0 Å². The molecule has 1 aromatic carbocycles. The molecule has 18 heavy (non-hydrogen) atoms. The number of nitrogen functional groups attached to an aromatic ring is 1. The zero-order chi connectivity index (χ0) is 12.4. The van der Waals surface area contributed by atoms with Crippen molar-refractivity contribution in [3.05, 3.63) is 36.7 Å². The van der Waals surface area contributed by atoms with E-state index in [1.54, 1.807) is 6.20 Å². The Hall–Kier alpha value is -1.97. The van der Waals surface area contributed by atoms with Gasteiger partial charge in [-0.15, -0.1) is 0 Å². The van der Waals surface area contributed by atoms with Gasteiger partial charge in [-0.3, -0.25) is 4.57 Å². The van der Waals surface area contributed by atoms with Crippen LogP contribution in [-0.4, -0.2) is 22.6 Å². The Morgan fingerprint density at radius 3 is 2.22 bits per heavy atom. The van der Waals surface area contributed by atoms with E-state index in [9.17, 15) is 0 Å². The molecule has 0 unspecified atom stereocenters. The van der Waals surface area contributed by atoms with Gasteiger partial charge in [-0.25, -0.2) is 4.98 Å². The summed E-state index contributed by atoms with van der Waals surface area (Å²) in [4.78, 5) is 6.48. The molecule has 1 fully saturated rings. The molecule has 94 valence electrons. The number of imidazole rings is 1. The third kappa shape index (κ3) is 2.06. The summed E-state index contributed by atoms with van der Waals surface area (Å²) in [6.45, 7) is 2.35. The Kier molecular flexibility index (Phi) is 2.92. The van der Waals surface area contributed by atoms with Crippen molar-refractivity contribution in [2.45, 2.75) is 19.3 Å². The minimum Gasteiger partial charge on any atom is -0.372 e. The molecule has 0 amide bonds. The second-order valence-electron chi connectivity index (χ2n) is 4.72. The molecule has 1 saturated heterocycles. The number of hydrogen-bond donors (Lipinski definition) is 1. The minimum absolute atomic E-state index is 0.528. The summed E-state index contributed by atoms with van der Waals surface area (Å²) in [6.07, 6.45) is 7.56. The van der Waals surface area contributed by atoms with Gasteiger partial charge in [-0.1, -0.05) is 0 Å². The summed E-state index contributed by atoms with van der Waals surface area (Å²) >= 11 is 0. The van der Waals surface area contributed by atoms with Crippen LogP contribution in [0.5, 0.6) is 0 Å². The van der Waals surface area contributed by atoms with Crippen molar-refractivity contribution >= 4 is 11.6 Å². The van der Waals surface area contributed by atoms with Crippen LogP contribution in [0.2, 0.25) is 0 Å². The van der Waals surface area contributed by atoms with Gasteiger partial charge in [0, 0.05) is 36.9 Å². The van der Waals surface area contributed by atoms with Crippen LogP contribution >= 0.6 is 0 Å². The molecule has 0 aliphatic carbocycles. The van der Waals surface area contributed by atoms with Crippen molar-refractivity contribution in [1.82, 2.24) is 9.55 Å². The lowest BCUT2D eigenvalue weighted by Crippen LogP contribution is -2.29. The Morgan fingerprint density at radius 1 is 0.944 bits per heavy atom. The van der Waals surface area contributed by atoms with Crippen LogP contribution in [0.25, 0.3) is 5.69 Å². The van der Waals surface area contributed by atoms with Crippen LogP contribution in [0.3, 0.4) is 0 Å². The van der Waals surface area contributed by atoms with Crippen LogP contribution in [-0.2, 0) is 0 Å². The molecule has 3 rings (SSSR count). The lowest BCUT2D eigenvalue weighted by molar-refractivity contribution is 0.578. The van der Waals surface area contributed by atoms with Crippen molar-refractivity contribution in [3.8, 4) is 5.69 Å². The maximum Gasteiger partial charge on any atom is 0.204 e. The lowest BCUT2D eigenvalue weighted by atomic mass is 10.1. The van der Waals surface area contributed by atoms with E-state index in [0.717, 1.165) is 5.69 Å². The number of nitrogens with zero attached hydrogens (tertiary/aromatic N) is 3. The molecule has 0 radical (unpaired) electrons. The van der Waals surface area contributed by atoms with Gasteiger partial charge in [-0.2, -0.15) is 0 Å². The molecule has 2 heterocycles. The number of nitrogens with two attached hydrogens (primary N) is 1. The Balaban J connectivity index is 1.82. The summed E-state index contributed by atoms with van der Waals surface area (Å²) in [5.74, 6) is 0.528. The second-order valence-corrected chi connectivity index (χ2v) is 4.72. The largest absolute Gasteiger partial charge is 0.372 e. The molecule has 2 N–H and O–H groups in total. The number of rotatable bonds is 2. The fourth-order valence-corrected chi connectivity index (χ4v) is 2.51. The van der Waals surface area contributed by atoms with E-state index in [0.29, 0.717) is 5.95 Å². The number of benzene rings is 1. The standard InChI is InChI=1S/C14H18N4/c15-14-16-8-11-18(14)13-6-4-12(5-7-13)17-9-2-1-3-10-17/h4-8,11H,1-3,9-10H2,(H2,15,16). The van der Waals surface area contributed by atoms with E-state index in [1.807, 2.05) is 10.8 Å². The average Bonchev–Trinajstić information content (AvgIpc) is 2.86. The maximum atomic E-state index is 5.79. The summed E-state index contributed by atoms with van der Waals surface area (Å²) in [6, 6.07) is 8.53. The maximum absolute atomic E-state index is 5.79. The lowest BCUT2D eigenvalue weighted by Gasteiger charge is -2.28. The molecular formula is C14H18N4. The van der Waals surface area contributed by atoms with E-state index < -0.39 is 0 Å². The van der Waals surface area contributed by atoms with Gasteiger partial charge >= 0.3 is 0 Å².